The van der Waals surface area contributed by atoms with Crippen LogP contribution in [-0.2, 0) is 9.53 Å². The van der Waals surface area contributed by atoms with Crippen LogP contribution in [-0.4, -0.2) is 48.6 Å². The zero-order valence-electron chi connectivity index (χ0n) is 8.27. The van der Waals surface area contributed by atoms with Gasteiger partial charge in [-0.3, -0.25) is 10.1 Å². The van der Waals surface area contributed by atoms with E-state index in [0.717, 1.165) is 12.8 Å². The number of aliphatic carboxylic acids is 1. The minimum atomic E-state index is -0.845. The third-order valence-electron chi connectivity index (χ3n) is 2.36. The second-order valence-corrected chi connectivity index (χ2v) is 3.65. The first-order valence-electron chi connectivity index (χ1n) is 4.77. The molecule has 0 aliphatic heterocycles. The second-order valence-electron chi connectivity index (χ2n) is 3.65. The van der Waals surface area contributed by atoms with Crippen molar-refractivity contribution in [2.75, 3.05) is 20.3 Å². The fourth-order valence-electron chi connectivity index (χ4n) is 1.45. The maximum Gasteiger partial charge on any atom is 0.320 e. The van der Waals surface area contributed by atoms with Crippen molar-refractivity contribution in [3.8, 4) is 0 Å². The number of carbonyl (C=O) groups is 1. The van der Waals surface area contributed by atoms with Crippen LogP contribution in [0.2, 0.25) is 0 Å². The number of aliphatic hydroxyl groups is 1. The Bertz CT molecular complexity index is 193. The number of methoxy groups -OCH3 is 1. The van der Waals surface area contributed by atoms with E-state index in [9.17, 15) is 4.79 Å². The molecule has 0 amide bonds. The van der Waals surface area contributed by atoms with E-state index in [1.807, 2.05) is 0 Å². The van der Waals surface area contributed by atoms with Crippen molar-refractivity contribution in [3.05, 3.63) is 0 Å². The lowest BCUT2D eigenvalue weighted by atomic mass is 10.1. The van der Waals surface area contributed by atoms with Crippen molar-refractivity contribution < 1.29 is 19.7 Å². The number of carboxylic acids is 1. The van der Waals surface area contributed by atoms with Crippen LogP contribution in [0.5, 0.6) is 0 Å². The smallest absolute Gasteiger partial charge is 0.320 e. The zero-order valence-corrected chi connectivity index (χ0v) is 8.27. The molecule has 0 spiro atoms. The Hall–Kier alpha value is -0.650. The van der Waals surface area contributed by atoms with Gasteiger partial charge in [0.2, 0.25) is 0 Å². The average Bonchev–Trinajstić information content (AvgIpc) is 2.94. The topological polar surface area (TPSA) is 78.8 Å². The van der Waals surface area contributed by atoms with E-state index in [0.29, 0.717) is 6.61 Å². The van der Waals surface area contributed by atoms with Gasteiger partial charge in [-0.1, -0.05) is 0 Å². The predicted molar refractivity (Wildman–Crippen MR) is 50.0 cm³/mol. The molecule has 0 heterocycles. The summed E-state index contributed by atoms with van der Waals surface area (Å²) in [6.45, 7) is 0.220. The number of hydrogen-bond acceptors (Lipinski definition) is 4. The van der Waals surface area contributed by atoms with Crippen molar-refractivity contribution in [2.24, 2.45) is 5.92 Å². The highest BCUT2D eigenvalue weighted by atomic mass is 16.5. The number of hydrogen-bond donors (Lipinski definition) is 3. The second kappa shape index (κ2) is 5.29. The van der Waals surface area contributed by atoms with Gasteiger partial charge in [-0.15, -0.1) is 0 Å². The summed E-state index contributed by atoms with van der Waals surface area (Å²) in [5.41, 5.74) is 0. The van der Waals surface area contributed by atoms with Crippen molar-refractivity contribution in [1.82, 2.24) is 5.32 Å². The number of ether oxygens (including phenoxy) is 1. The van der Waals surface area contributed by atoms with E-state index in [1.165, 1.54) is 7.11 Å². The molecule has 14 heavy (non-hydrogen) atoms. The lowest BCUT2D eigenvalue weighted by molar-refractivity contribution is -0.140. The minimum Gasteiger partial charge on any atom is -0.480 e. The number of aliphatic hydroxyl groups excluding tert-OH is 1. The molecule has 1 rings (SSSR count). The summed E-state index contributed by atoms with van der Waals surface area (Å²) in [5.74, 6) is -0.625. The van der Waals surface area contributed by atoms with Gasteiger partial charge in [0.25, 0.3) is 0 Å². The molecule has 2 atom stereocenters. The lowest BCUT2D eigenvalue weighted by Crippen LogP contribution is -2.48. The Kier molecular flexibility index (Phi) is 4.31. The fraction of sp³-hybridized carbons (Fsp3) is 0.889. The molecule has 1 aliphatic carbocycles. The van der Waals surface area contributed by atoms with Crippen LogP contribution in [0, 0.1) is 5.92 Å². The van der Waals surface area contributed by atoms with Gasteiger partial charge in [0.15, 0.2) is 0 Å². The Morgan fingerprint density at radius 2 is 2.29 bits per heavy atom. The fourth-order valence-corrected chi connectivity index (χ4v) is 1.45. The van der Waals surface area contributed by atoms with Gasteiger partial charge in [0.05, 0.1) is 19.3 Å². The van der Waals surface area contributed by atoms with Gasteiger partial charge in [-0.25, -0.2) is 0 Å². The first kappa shape index (κ1) is 11.4. The third-order valence-corrected chi connectivity index (χ3v) is 2.36. The third kappa shape index (κ3) is 3.25. The van der Waals surface area contributed by atoms with E-state index < -0.39 is 12.0 Å². The van der Waals surface area contributed by atoms with E-state index in [4.69, 9.17) is 14.9 Å². The summed E-state index contributed by atoms with van der Waals surface area (Å²) in [6, 6.07) is -0.830. The Balaban J connectivity index is 2.39. The highest BCUT2D eigenvalue weighted by Crippen LogP contribution is 2.32. The molecule has 1 aliphatic rings. The first-order valence-corrected chi connectivity index (χ1v) is 4.77. The Morgan fingerprint density at radius 1 is 1.64 bits per heavy atom. The van der Waals surface area contributed by atoms with Gasteiger partial charge < -0.3 is 14.9 Å². The predicted octanol–water partition coefficient (Wildman–Crippen LogP) is -0.553. The molecule has 1 saturated carbocycles. The summed E-state index contributed by atoms with van der Waals surface area (Å²) in [5, 5.41) is 20.8. The minimum absolute atomic E-state index is 0.107. The molecular weight excluding hydrogens is 186 g/mol. The number of nitrogens with one attached hydrogen (secondary N) is 1. The summed E-state index contributed by atoms with van der Waals surface area (Å²) in [4.78, 5) is 10.9. The Labute approximate surface area is 83.1 Å². The van der Waals surface area contributed by atoms with Gasteiger partial charge in [0.1, 0.15) is 6.04 Å². The van der Waals surface area contributed by atoms with Crippen LogP contribution in [0.3, 0.4) is 0 Å². The molecule has 3 N–H and O–H groups in total. The molecule has 2 unspecified atom stereocenters. The average molecular weight is 203 g/mol. The standard InChI is InChI=1S/C9H17NO4/c1-14-5-7(4-11)10-8(9(12)13)6-2-3-6/h6-8,10-11H,2-5H2,1H3,(H,12,13). The number of carboxylic acid groups (broad SMARTS) is 1. The zero-order chi connectivity index (χ0) is 10.6. The molecule has 5 heteroatoms. The molecule has 0 aromatic carbocycles. The molecule has 0 bridgehead atoms. The summed E-state index contributed by atoms with van der Waals surface area (Å²) in [7, 11) is 1.53. The summed E-state index contributed by atoms with van der Waals surface area (Å²) in [6.07, 6.45) is 1.91. The summed E-state index contributed by atoms with van der Waals surface area (Å²) >= 11 is 0. The number of rotatable bonds is 7. The molecule has 1 fully saturated rings. The molecule has 0 aromatic rings. The largest absolute Gasteiger partial charge is 0.480 e. The van der Waals surface area contributed by atoms with E-state index in [1.54, 1.807) is 0 Å². The van der Waals surface area contributed by atoms with Crippen LogP contribution in [0.25, 0.3) is 0 Å². The molecule has 0 aromatic heterocycles. The van der Waals surface area contributed by atoms with Gasteiger partial charge in [0, 0.05) is 7.11 Å². The lowest BCUT2D eigenvalue weighted by Gasteiger charge is -2.20. The van der Waals surface area contributed by atoms with Crippen molar-refractivity contribution in [2.45, 2.75) is 24.9 Å². The molecule has 82 valence electrons. The van der Waals surface area contributed by atoms with Crippen molar-refractivity contribution in [1.29, 1.82) is 0 Å². The monoisotopic (exact) mass is 203 g/mol. The maximum atomic E-state index is 10.9. The van der Waals surface area contributed by atoms with E-state index in [-0.39, 0.29) is 18.6 Å². The van der Waals surface area contributed by atoms with Crippen LogP contribution in [0.1, 0.15) is 12.8 Å². The first-order chi connectivity index (χ1) is 6.69. The van der Waals surface area contributed by atoms with Gasteiger partial charge >= 0.3 is 5.97 Å². The normalized spacial score (nSPS) is 20.4. The van der Waals surface area contributed by atoms with Crippen LogP contribution in [0.15, 0.2) is 0 Å². The molecule has 5 nitrogen and oxygen atoms in total. The van der Waals surface area contributed by atoms with E-state index in [2.05, 4.69) is 5.32 Å². The quantitative estimate of drug-likeness (QED) is 0.517. The van der Waals surface area contributed by atoms with Crippen LogP contribution < -0.4 is 5.32 Å². The summed E-state index contributed by atoms with van der Waals surface area (Å²) < 4.78 is 4.86. The van der Waals surface area contributed by atoms with Crippen molar-refractivity contribution >= 4 is 5.97 Å². The maximum absolute atomic E-state index is 10.9. The molecule has 0 radical (unpaired) electrons. The Morgan fingerprint density at radius 3 is 2.64 bits per heavy atom. The van der Waals surface area contributed by atoms with Crippen LogP contribution in [0.4, 0.5) is 0 Å². The molecular formula is C9H17NO4. The van der Waals surface area contributed by atoms with Gasteiger partial charge in [-0.2, -0.15) is 0 Å². The van der Waals surface area contributed by atoms with E-state index >= 15 is 0 Å². The van der Waals surface area contributed by atoms with Crippen molar-refractivity contribution in [3.63, 3.8) is 0 Å². The molecule has 0 saturated heterocycles. The highest BCUT2D eigenvalue weighted by Gasteiger charge is 2.37. The SMILES string of the molecule is COCC(CO)NC(C(=O)O)C1CC1. The highest BCUT2D eigenvalue weighted by molar-refractivity contribution is 5.74. The van der Waals surface area contributed by atoms with Crippen LogP contribution >= 0.6 is 0 Å². The van der Waals surface area contributed by atoms with Gasteiger partial charge in [-0.05, 0) is 18.8 Å².